The Morgan fingerprint density at radius 3 is 2.31 bits per heavy atom. The summed E-state index contributed by atoms with van der Waals surface area (Å²) in [5.41, 5.74) is 0.0150. The third-order valence-electron chi connectivity index (χ3n) is 6.59. The summed E-state index contributed by atoms with van der Waals surface area (Å²) in [7, 11) is 0. The number of hydrogen-bond donors (Lipinski definition) is 0. The van der Waals surface area contributed by atoms with E-state index in [1.807, 2.05) is 5.01 Å². The van der Waals surface area contributed by atoms with Gasteiger partial charge in [-0.05, 0) is 76.0 Å². The molecule has 1 spiro atoms. The van der Waals surface area contributed by atoms with E-state index >= 15 is 0 Å². The summed E-state index contributed by atoms with van der Waals surface area (Å²) in [5.74, 6) is -0.367. The molecule has 1 aromatic rings. The van der Waals surface area contributed by atoms with E-state index in [-0.39, 0.29) is 23.4 Å². The zero-order valence-electron chi connectivity index (χ0n) is 16.7. The van der Waals surface area contributed by atoms with Crippen molar-refractivity contribution in [3.63, 3.8) is 0 Å². The van der Waals surface area contributed by atoms with Crippen LogP contribution in [0, 0.1) is 11.2 Å². The number of likely N-dealkylation sites (tertiary alicyclic amines) is 1. The number of imide groups is 1. The number of carbonyl (C=O) groups is 3. The number of amides is 2. The molecule has 3 aliphatic heterocycles. The van der Waals surface area contributed by atoms with Gasteiger partial charge in [0.05, 0.1) is 5.41 Å². The fourth-order valence-electron chi connectivity index (χ4n) is 4.80. The Bertz CT molecular complexity index is 781. The topological polar surface area (TPSA) is 60.9 Å². The fourth-order valence-corrected chi connectivity index (χ4v) is 4.80. The highest BCUT2D eigenvalue weighted by Crippen LogP contribution is 2.43. The first-order valence-electron chi connectivity index (χ1n) is 10.6. The highest BCUT2D eigenvalue weighted by molar-refractivity contribution is 6.05. The van der Waals surface area contributed by atoms with Gasteiger partial charge >= 0.3 is 0 Å². The monoisotopic (exact) mass is 401 g/mol. The molecule has 3 saturated heterocycles. The van der Waals surface area contributed by atoms with E-state index in [4.69, 9.17) is 0 Å². The first kappa shape index (κ1) is 20.2. The number of Topliss-reactive ketones (excluding diaryl/α,β-unsaturated/α-hetero) is 1. The Morgan fingerprint density at radius 1 is 1.00 bits per heavy atom. The molecule has 0 aliphatic carbocycles. The summed E-state index contributed by atoms with van der Waals surface area (Å²) >= 11 is 0. The molecule has 0 bridgehead atoms. The minimum atomic E-state index is -0.528. The Kier molecular flexibility index (Phi) is 5.79. The molecule has 7 heteroatoms. The summed E-state index contributed by atoms with van der Waals surface area (Å²) in [6.07, 6.45) is 4.97. The molecule has 6 nitrogen and oxygen atoms in total. The first-order valence-corrected chi connectivity index (χ1v) is 10.6. The van der Waals surface area contributed by atoms with Crippen molar-refractivity contribution in [1.82, 2.24) is 14.9 Å². The molecule has 1 aromatic carbocycles. The van der Waals surface area contributed by atoms with Crippen molar-refractivity contribution in [3.8, 4) is 0 Å². The van der Waals surface area contributed by atoms with E-state index in [1.165, 1.54) is 29.3 Å². The van der Waals surface area contributed by atoms with E-state index in [0.29, 0.717) is 31.2 Å². The molecule has 3 heterocycles. The largest absolute Gasteiger partial charge is 0.303 e. The molecule has 0 N–H and O–H groups in total. The van der Waals surface area contributed by atoms with Gasteiger partial charge in [-0.15, -0.1) is 0 Å². The molecule has 4 rings (SSSR count). The molecule has 0 saturated carbocycles. The molecule has 0 aromatic heterocycles. The fraction of sp³-hybridized carbons (Fsp3) is 0.591. The quantitative estimate of drug-likeness (QED) is 0.542. The van der Waals surface area contributed by atoms with Crippen LogP contribution >= 0.6 is 0 Å². The summed E-state index contributed by atoms with van der Waals surface area (Å²) in [6.45, 7) is 3.93. The Balaban J connectivity index is 1.25. The number of benzene rings is 1. The molecule has 156 valence electrons. The molecule has 0 unspecified atom stereocenters. The van der Waals surface area contributed by atoms with Gasteiger partial charge in [0.15, 0.2) is 5.78 Å². The summed E-state index contributed by atoms with van der Waals surface area (Å²) in [4.78, 5) is 40.0. The molecule has 3 fully saturated rings. The SMILES string of the molecule is O=C(CCCN1CCC2(CC1)CC(=O)N(N1CCCC1)C2=O)c1ccc(F)cc1. The third kappa shape index (κ3) is 4.12. The van der Waals surface area contributed by atoms with Crippen molar-refractivity contribution in [2.24, 2.45) is 5.41 Å². The standard InChI is InChI=1S/C22H28FN3O3/c23-18-7-5-17(6-8-18)19(27)4-3-11-24-14-9-22(10-15-24)16-20(28)26(21(22)29)25-12-1-2-13-25/h5-8H,1-4,9-16H2. The molecular formula is C22H28FN3O3. The summed E-state index contributed by atoms with van der Waals surface area (Å²) in [5, 5.41) is 3.36. The highest BCUT2D eigenvalue weighted by atomic mass is 19.1. The molecule has 0 atom stereocenters. The van der Waals surface area contributed by atoms with E-state index in [2.05, 4.69) is 4.90 Å². The molecular weight excluding hydrogens is 373 g/mol. The van der Waals surface area contributed by atoms with Crippen molar-refractivity contribution in [2.45, 2.75) is 44.9 Å². The lowest BCUT2D eigenvalue weighted by Crippen LogP contribution is -2.49. The smallest absolute Gasteiger partial charge is 0.250 e. The highest BCUT2D eigenvalue weighted by Gasteiger charge is 2.54. The van der Waals surface area contributed by atoms with Crippen LogP contribution in [-0.2, 0) is 9.59 Å². The molecule has 3 aliphatic rings. The van der Waals surface area contributed by atoms with Crippen LogP contribution in [0.2, 0.25) is 0 Å². The molecule has 0 radical (unpaired) electrons. The second-order valence-corrected chi connectivity index (χ2v) is 8.50. The number of hydrazine groups is 1. The minimum absolute atomic E-state index is 0.00413. The van der Waals surface area contributed by atoms with Gasteiger partial charge in [0.2, 0.25) is 5.91 Å². The zero-order valence-corrected chi connectivity index (χ0v) is 16.7. The maximum Gasteiger partial charge on any atom is 0.250 e. The van der Waals surface area contributed by atoms with Gasteiger partial charge in [-0.2, -0.15) is 0 Å². The van der Waals surface area contributed by atoms with Crippen LogP contribution in [-0.4, -0.2) is 65.2 Å². The Labute approximate surface area is 170 Å². The maximum atomic E-state index is 13.0. The van der Waals surface area contributed by atoms with E-state index in [0.717, 1.165) is 52.0 Å². The second kappa shape index (κ2) is 8.32. The van der Waals surface area contributed by atoms with Gasteiger partial charge in [-0.3, -0.25) is 14.4 Å². The number of rotatable bonds is 6. The van der Waals surface area contributed by atoms with Crippen LogP contribution in [0.3, 0.4) is 0 Å². The van der Waals surface area contributed by atoms with Crippen LogP contribution in [0.15, 0.2) is 24.3 Å². The Morgan fingerprint density at radius 2 is 1.66 bits per heavy atom. The van der Waals surface area contributed by atoms with Gasteiger partial charge in [0.1, 0.15) is 5.82 Å². The normalized spacial score (nSPS) is 22.7. The van der Waals surface area contributed by atoms with E-state index in [1.54, 1.807) is 0 Å². The van der Waals surface area contributed by atoms with E-state index < -0.39 is 5.41 Å². The second-order valence-electron chi connectivity index (χ2n) is 8.50. The van der Waals surface area contributed by atoms with Crippen molar-refractivity contribution in [1.29, 1.82) is 0 Å². The van der Waals surface area contributed by atoms with E-state index in [9.17, 15) is 18.8 Å². The predicted molar refractivity (Wildman–Crippen MR) is 105 cm³/mol. The van der Waals surface area contributed by atoms with Crippen molar-refractivity contribution >= 4 is 17.6 Å². The average molecular weight is 401 g/mol. The van der Waals surface area contributed by atoms with Gasteiger partial charge in [0.25, 0.3) is 5.91 Å². The molecule has 29 heavy (non-hydrogen) atoms. The van der Waals surface area contributed by atoms with Crippen LogP contribution in [0.1, 0.15) is 55.3 Å². The number of piperidine rings is 1. The predicted octanol–water partition coefficient (Wildman–Crippen LogP) is 2.64. The van der Waals surface area contributed by atoms with Gasteiger partial charge in [-0.25, -0.2) is 14.4 Å². The lowest BCUT2D eigenvalue weighted by atomic mass is 9.77. The van der Waals surface area contributed by atoms with Crippen LogP contribution < -0.4 is 0 Å². The van der Waals surface area contributed by atoms with Crippen LogP contribution in [0.4, 0.5) is 4.39 Å². The summed E-state index contributed by atoms with van der Waals surface area (Å²) < 4.78 is 13.0. The van der Waals surface area contributed by atoms with Gasteiger partial charge in [-0.1, -0.05) is 0 Å². The number of nitrogens with zero attached hydrogens (tertiary/aromatic N) is 3. The van der Waals surface area contributed by atoms with Crippen molar-refractivity contribution in [2.75, 3.05) is 32.7 Å². The van der Waals surface area contributed by atoms with Crippen molar-refractivity contribution < 1.29 is 18.8 Å². The lowest BCUT2D eigenvalue weighted by molar-refractivity contribution is -0.159. The maximum absolute atomic E-state index is 13.0. The number of hydrogen-bond acceptors (Lipinski definition) is 5. The average Bonchev–Trinajstić information content (AvgIpc) is 3.31. The van der Waals surface area contributed by atoms with Gasteiger partial charge in [0, 0.05) is 31.5 Å². The number of carbonyl (C=O) groups excluding carboxylic acids is 3. The Hall–Kier alpha value is -2.12. The van der Waals surface area contributed by atoms with Crippen molar-refractivity contribution in [3.05, 3.63) is 35.6 Å². The minimum Gasteiger partial charge on any atom is -0.303 e. The van der Waals surface area contributed by atoms with Crippen LogP contribution in [0.5, 0.6) is 0 Å². The first-order chi connectivity index (χ1) is 14.0. The number of ketones is 1. The lowest BCUT2D eigenvalue weighted by Gasteiger charge is -2.38. The number of halogens is 1. The summed E-state index contributed by atoms with van der Waals surface area (Å²) in [6, 6.07) is 5.67. The zero-order chi connectivity index (χ0) is 20.4. The van der Waals surface area contributed by atoms with Crippen LogP contribution in [0.25, 0.3) is 0 Å². The van der Waals surface area contributed by atoms with Gasteiger partial charge < -0.3 is 4.90 Å². The molecule has 2 amide bonds. The third-order valence-corrected chi connectivity index (χ3v) is 6.59.